The molecule has 0 spiro atoms. The van der Waals surface area contributed by atoms with Gasteiger partial charge in [0, 0.05) is 32.5 Å². The molecule has 1 fully saturated rings. The summed E-state index contributed by atoms with van der Waals surface area (Å²) in [6, 6.07) is 7.84. The Bertz CT molecular complexity index is 1180. The summed E-state index contributed by atoms with van der Waals surface area (Å²) < 4.78 is 10.9. The third-order valence-electron chi connectivity index (χ3n) is 7.86. The first kappa shape index (κ1) is 36.5. The van der Waals surface area contributed by atoms with Crippen molar-refractivity contribution in [1.82, 2.24) is 20.9 Å². The van der Waals surface area contributed by atoms with Gasteiger partial charge in [0.15, 0.2) is 0 Å². The Kier molecular flexibility index (Phi) is 15.8. The molecular weight excluding hydrogens is 588 g/mol. The third kappa shape index (κ3) is 14.8. The summed E-state index contributed by atoms with van der Waals surface area (Å²) in [7, 11) is 0. The average molecular weight is 643 g/mol. The highest BCUT2D eigenvalue weighted by molar-refractivity contribution is 7.13. The molecule has 10 heteroatoms. The van der Waals surface area contributed by atoms with Crippen molar-refractivity contribution in [2.75, 3.05) is 13.1 Å². The van der Waals surface area contributed by atoms with Crippen molar-refractivity contribution in [2.24, 2.45) is 0 Å². The van der Waals surface area contributed by atoms with Gasteiger partial charge in [-0.15, -0.1) is 11.3 Å². The van der Waals surface area contributed by atoms with E-state index in [1.165, 1.54) is 43.4 Å². The SMILES string of the molecule is Cc1ncsc1-c1ccc(CNC(=O)C2CC(OC(=O)CCCCCCCCCCCCCNC(=O)OC(C)(C)C)CN2)cc1. The van der Waals surface area contributed by atoms with Crippen LogP contribution in [-0.2, 0) is 25.6 Å². The summed E-state index contributed by atoms with van der Waals surface area (Å²) in [5, 5.41) is 9.01. The maximum Gasteiger partial charge on any atom is 0.407 e. The van der Waals surface area contributed by atoms with Crippen LogP contribution in [0.2, 0.25) is 0 Å². The van der Waals surface area contributed by atoms with Gasteiger partial charge in [-0.05, 0) is 51.7 Å². The fourth-order valence-corrected chi connectivity index (χ4v) is 6.20. The zero-order valence-corrected chi connectivity index (χ0v) is 28.6. The highest BCUT2D eigenvalue weighted by Gasteiger charge is 2.31. The van der Waals surface area contributed by atoms with Crippen LogP contribution in [-0.4, -0.2) is 53.8 Å². The molecule has 1 aromatic carbocycles. The molecule has 9 nitrogen and oxygen atoms in total. The van der Waals surface area contributed by atoms with Crippen LogP contribution in [0.3, 0.4) is 0 Å². The molecule has 45 heavy (non-hydrogen) atoms. The van der Waals surface area contributed by atoms with E-state index in [9.17, 15) is 14.4 Å². The summed E-state index contributed by atoms with van der Waals surface area (Å²) in [6.45, 7) is 9.25. The smallest absolute Gasteiger partial charge is 0.407 e. The maximum absolute atomic E-state index is 12.7. The van der Waals surface area contributed by atoms with E-state index in [0.29, 0.717) is 32.5 Å². The highest BCUT2D eigenvalue weighted by Crippen LogP contribution is 2.27. The lowest BCUT2D eigenvalue weighted by atomic mass is 10.1. The molecule has 0 bridgehead atoms. The minimum absolute atomic E-state index is 0.0662. The van der Waals surface area contributed by atoms with E-state index >= 15 is 0 Å². The summed E-state index contributed by atoms with van der Waals surface area (Å²) in [5.74, 6) is -0.232. The number of unbranched alkanes of at least 4 members (excludes halogenated alkanes) is 10. The molecule has 0 radical (unpaired) electrons. The average Bonchev–Trinajstić information content (AvgIpc) is 3.64. The molecule has 3 rings (SSSR count). The summed E-state index contributed by atoms with van der Waals surface area (Å²) >= 11 is 1.63. The monoisotopic (exact) mass is 642 g/mol. The molecule has 1 aliphatic rings. The Morgan fingerprint density at radius 3 is 2.13 bits per heavy atom. The Morgan fingerprint density at radius 2 is 1.53 bits per heavy atom. The fourth-order valence-electron chi connectivity index (χ4n) is 5.39. The van der Waals surface area contributed by atoms with E-state index in [-0.39, 0.29) is 30.1 Å². The first-order valence-electron chi connectivity index (χ1n) is 16.8. The third-order valence-corrected chi connectivity index (χ3v) is 8.84. The number of nitrogens with zero attached hydrogens (tertiary/aromatic N) is 1. The molecule has 2 amide bonds. The number of alkyl carbamates (subject to hydrolysis) is 1. The molecular formula is C35H54N4O5S. The van der Waals surface area contributed by atoms with Crippen molar-refractivity contribution in [3.8, 4) is 10.4 Å². The van der Waals surface area contributed by atoms with E-state index in [1.807, 2.05) is 45.3 Å². The number of carbonyl (C=O) groups excluding carboxylic acids is 3. The van der Waals surface area contributed by atoms with Crippen molar-refractivity contribution in [3.63, 3.8) is 0 Å². The van der Waals surface area contributed by atoms with Crippen LogP contribution in [0.25, 0.3) is 10.4 Å². The number of rotatable bonds is 19. The zero-order valence-electron chi connectivity index (χ0n) is 27.8. The fraction of sp³-hybridized carbons (Fsp3) is 0.657. The van der Waals surface area contributed by atoms with Gasteiger partial charge in [-0.25, -0.2) is 9.78 Å². The summed E-state index contributed by atoms with van der Waals surface area (Å²) in [5.41, 5.74) is 4.60. The van der Waals surface area contributed by atoms with Crippen LogP contribution in [0, 0.1) is 6.92 Å². The molecule has 1 aromatic heterocycles. The quantitative estimate of drug-likeness (QED) is 0.109. The molecule has 0 saturated carbocycles. The van der Waals surface area contributed by atoms with E-state index in [0.717, 1.165) is 48.9 Å². The van der Waals surface area contributed by atoms with Crippen molar-refractivity contribution in [3.05, 3.63) is 41.0 Å². The second kappa shape index (κ2) is 19.5. The van der Waals surface area contributed by atoms with E-state index in [4.69, 9.17) is 9.47 Å². The second-order valence-electron chi connectivity index (χ2n) is 13.1. The van der Waals surface area contributed by atoms with Gasteiger partial charge >= 0.3 is 12.1 Å². The predicted octanol–water partition coefficient (Wildman–Crippen LogP) is 7.21. The molecule has 1 aliphatic heterocycles. The van der Waals surface area contributed by atoms with Gasteiger partial charge in [-0.1, -0.05) is 82.1 Å². The number of hydrogen-bond donors (Lipinski definition) is 3. The largest absolute Gasteiger partial charge is 0.461 e. The minimum Gasteiger partial charge on any atom is -0.461 e. The Hall–Kier alpha value is -2.98. The van der Waals surface area contributed by atoms with Crippen LogP contribution >= 0.6 is 11.3 Å². The van der Waals surface area contributed by atoms with Gasteiger partial charge in [0.1, 0.15) is 11.7 Å². The lowest BCUT2D eigenvalue weighted by molar-refractivity contribution is -0.148. The first-order chi connectivity index (χ1) is 21.6. The number of aromatic nitrogens is 1. The van der Waals surface area contributed by atoms with Gasteiger partial charge in [0.25, 0.3) is 0 Å². The molecule has 2 aromatic rings. The van der Waals surface area contributed by atoms with Crippen LogP contribution in [0.5, 0.6) is 0 Å². The number of ether oxygens (including phenoxy) is 2. The lowest BCUT2D eigenvalue weighted by Crippen LogP contribution is -2.39. The van der Waals surface area contributed by atoms with E-state index < -0.39 is 5.60 Å². The van der Waals surface area contributed by atoms with E-state index in [2.05, 4.69) is 33.1 Å². The van der Waals surface area contributed by atoms with Crippen LogP contribution in [0.4, 0.5) is 4.79 Å². The predicted molar refractivity (Wildman–Crippen MR) is 180 cm³/mol. The number of esters is 1. The molecule has 250 valence electrons. The van der Waals surface area contributed by atoms with Gasteiger partial charge < -0.3 is 25.4 Å². The Balaban J connectivity index is 1.12. The van der Waals surface area contributed by atoms with Crippen LogP contribution in [0.1, 0.15) is 115 Å². The summed E-state index contributed by atoms with van der Waals surface area (Å²) in [6.07, 6.45) is 12.9. The lowest BCUT2D eigenvalue weighted by Gasteiger charge is -2.19. The standard InChI is InChI=1S/C35H54N4O5S/c1-26-32(45-25-39-26)28-19-17-27(18-20-28)23-38-33(41)30-22-29(24-37-30)43-31(40)16-14-12-10-8-6-5-7-9-11-13-15-21-36-34(42)44-35(2,3)4/h17-20,25,29-30,37H,5-16,21-24H2,1-4H3,(H,36,42)(H,38,41). The number of benzene rings is 1. The van der Waals surface area contributed by atoms with Crippen LogP contribution < -0.4 is 16.0 Å². The van der Waals surface area contributed by atoms with Crippen molar-refractivity contribution >= 4 is 29.3 Å². The molecule has 2 unspecified atom stereocenters. The number of amides is 2. The molecule has 2 heterocycles. The number of hydrogen-bond acceptors (Lipinski definition) is 8. The molecule has 1 saturated heterocycles. The van der Waals surface area contributed by atoms with Gasteiger partial charge in [-0.2, -0.15) is 0 Å². The Labute approximate surface area is 273 Å². The number of thiazole rings is 1. The highest BCUT2D eigenvalue weighted by atomic mass is 32.1. The maximum atomic E-state index is 12.7. The van der Waals surface area contributed by atoms with Crippen molar-refractivity contribution < 1.29 is 23.9 Å². The second-order valence-corrected chi connectivity index (χ2v) is 13.9. The molecule has 0 aliphatic carbocycles. The van der Waals surface area contributed by atoms with Crippen LogP contribution in [0.15, 0.2) is 29.8 Å². The molecule has 3 N–H and O–H groups in total. The van der Waals surface area contributed by atoms with E-state index in [1.54, 1.807) is 11.3 Å². The Morgan fingerprint density at radius 1 is 0.911 bits per heavy atom. The van der Waals surface area contributed by atoms with Gasteiger partial charge in [0.05, 0.1) is 22.1 Å². The topological polar surface area (TPSA) is 119 Å². The summed E-state index contributed by atoms with van der Waals surface area (Å²) in [4.78, 5) is 42.1. The minimum atomic E-state index is -0.450. The first-order valence-corrected chi connectivity index (χ1v) is 17.7. The normalized spacial score (nSPS) is 16.4. The van der Waals surface area contributed by atoms with Gasteiger partial charge in [-0.3, -0.25) is 9.59 Å². The van der Waals surface area contributed by atoms with Gasteiger partial charge in [0.2, 0.25) is 5.91 Å². The zero-order chi connectivity index (χ0) is 32.5. The molecule has 2 atom stereocenters. The number of carbonyl (C=O) groups is 3. The van der Waals surface area contributed by atoms with Crippen molar-refractivity contribution in [2.45, 2.75) is 135 Å². The number of aryl methyl sites for hydroxylation is 1. The number of nitrogens with one attached hydrogen (secondary N) is 3. The van der Waals surface area contributed by atoms with Crippen molar-refractivity contribution in [1.29, 1.82) is 0 Å².